The Bertz CT molecular complexity index is 567. The molecule has 2 N–H and O–H groups in total. The van der Waals surface area contributed by atoms with E-state index in [2.05, 4.69) is 0 Å². The Kier molecular flexibility index (Phi) is 14.1. The highest BCUT2D eigenvalue weighted by Crippen LogP contribution is 2.21. The minimum atomic E-state index is -1.24. The molecule has 0 atom stereocenters. The summed E-state index contributed by atoms with van der Waals surface area (Å²) in [6.07, 6.45) is 15.8. The molecule has 2 rings (SSSR count). The Morgan fingerprint density at radius 3 is 1.50 bits per heavy atom. The third-order valence-electron chi connectivity index (χ3n) is 5.72. The van der Waals surface area contributed by atoms with Crippen LogP contribution in [0.2, 0.25) is 0 Å². The van der Waals surface area contributed by atoms with Crippen molar-refractivity contribution < 1.29 is 38.9 Å². The van der Waals surface area contributed by atoms with E-state index in [1.807, 2.05) is 6.92 Å². The molecule has 8 nitrogen and oxygen atoms in total. The molecule has 2 aliphatic rings. The zero-order valence-electron chi connectivity index (χ0n) is 19.1. The molecule has 0 aromatic rings. The van der Waals surface area contributed by atoms with Gasteiger partial charge in [-0.2, -0.15) is 0 Å². The second kappa shape index (κ2) is 16.3. The Morgan fingerprint density at radius 1 is 0.750 bits per heavy atom. The number of hydrogen-bond donors (Lipinski definition) is 2. The van der Waals surface area contributed by atoms with Crippen molar-refractivity contribution in [2.75, 3.05) is 0 Å². The minimum absolute atomic E-state index is 0.0234. The van der Waals surface area contributed by atoms with Crippen LogP contribution in [0.4, 0.5) is 0 Å². The first-order valence-corrected chi connectivity index (χ1v) is 11.9. The minimum Gasteiger partial charge on any atom is -0.481 e. The average Bonchev–Trinajstić information content (AvgIpc) is 2.77. The fourth-order valence-electron chi connectivity index (χ4n) is 3.86. The van der Waals surface area contributed by atoms with Crippen LogP contribution in [0.3, 0.4) is 0 Å². The fourth-order valence-corrected chi connectivity index (χ4v) is 3.86. The van der Waals surface area contributed by atoms with Gasteiger partial charge in [0.15, 0.2) is 5.92 Å². The Morgan fingerprint density at radius 2 is 1.16 bits per heavy atom. The summed E-state index contributed by atoms with van der Waals surface area (Å²) in [5.41, 5.74) is 0. The third kappa shape index (κ3) is 12.5. The largest absolute Gasteiger partial charge is 0.481 e. The molecule has 0 radical (unpaired) electrons. The average molecular weight is 455 g/mol. The van der Waals surface area contributed by atoms with Crippen LogP contribution < -0.4 is 0 Å². The van der Waals surface area contributed by atoms with Crippen LogP contribution in [0.1, 0.15) is 96.8 Å². The number of ether oxygens (including phenoxy) is 2. The van der Waals surface area contributed by atoms with Gasteiger partial charge in [-0.1, -0.05) is 39.0 Å². The summed E-state index contributed by atoms with van der Waals surface area (Å²) in [5.74, 6) is -4.57. The maximum absolute atomic E-state index is 11.6. The first-order valence-electron chi connectivity index (χ1n) is 11.9. The molecule has 8 heteroatoms. The number of rotatable bonds is 10. The van der Waals surface area contributed by atoms with Gasteiger partial charge in [-0.3, -0.25) is 9.59 Å². The summed E-state index contributed by atoms with van der Waals surface area (Å²) in [4.78, 5) is 43.9. The van der Waals surface area contributed by atoms with Gasteiger partial charge in [-0.25, -0.2) is 9.59 Å². The van der Waals surface area contributed by atoms with Crippen LogP contribution in [0.25, 0.3) is 0 Å². The van der Waals surface area contributed by atoms with E-state index in [9.17, 15) is 19.2 Å². The number of unbranched alkanes of at least 4 members (excludes halogenated alkanes) is 2. The molecule has 32 heavy (non-hydrogen) atoms. The van der Waals surface area contributed by atoms with E-state index < -0.39 is 29.8 Å². The van der Waals surface area contributed by atoms with E-state index in [1.165, 1.54) is 25.0 Å². The van der Waals surface area contributed by atoms with Crippen molar-refractivity contribution in [3.63, 3.8) is 0 Å². The van der Waals surface area contributed by atoms with Crippen LogP contribution in [0.5, 0.6) is 0 Å². The van der Waals surface area contributed by atoms with E-state index in [0.29, 0.717) is 6.42 Å². The Hall–Kier alpha value is -2.38. The zero-order chi connectivity index (χ0) is 23.8. The van der Waals surface area contributed by atoms with Gasteiger partial charge in [0.2, 0.25) is 0 Å². The van der Waals surface area contributed by atoms with Gasteiger partial charge in [0.05, 0.1) is 0 Å². The maximum atomic E-state index is 11.6. The van der Waals surface area contributed by atoms with Crippen molar-refractivity contribution in [1.29, 1.82) is 0 Å². The predicted molar refractivity (Wildman–Crippen MR) is 118 cm³/mol. The Labute approximate surface area is 190 Å². The summed E-state index contributed by atoms with van der Waals surface area (Å²) in [5, 5.41) is 16.9. The van der Waals surface area contributed by atoms with Crippen LogP contribution in [0.15, 0.2) is 12.2 Å². The quantitative estimate of drug-likeness (QED) is 0.211. The van der Waals surface area contributed by atoms with Gasteiger partial charge in [-0.05, 0) is 57.8 Å². The maximum Gasteiger partial charge on any atom is 0.331 e. The van der Waals surface area contributed by atoms with Crippen molar-refractivity contribution in [3.8, 4) is 0 Å². The molecule has 2 fully saturated rings. The summed E-state index contributed by atoms with van der Waals surface area (Å²) in [6, 6.07) is 0. The number of carboxylic acid groups (broad SMARTS) is 2. The van der Waals surface area contributed by atoms with Crippen LogP contribution in [0, 0.1) is 5.92 Å². The summed E-state index contributed by atoms with van der Waals surface area (Å²) >= 11 is 0. The van der Waals surface area contributed by atoms with Gasteiger partial charge in [0, 0.05) is 12.2 Å². The molecular formula is C24H38O8. The Balaban J connectivity index is 0.000000368. The van der Waals surface area contributed by atoms with E-state index in [-0.39, 0.29) is 18.6 Å². The van der Waals surface area contributed by atoms with Crippen molar-refractivity contribution in [2.24, 2.45) is 5.92 Å². The highest BCUT2D eigenvalue weighted by molar-refractivity contribution is 5.93. The monoisotopic (exact) mass is 454 g/mol. The van der Waals surface area contributed by atoms with Crippen LogP contribution in [-0.4, -0.2) is 46.3 Å². The number of carbonyl (C=O) groups is 4. The fraction of sp³-hybridized carbons (Fsp3) is 0.750. The summed E-state index contributed by atoms with van der Waals surface area (Å²) in [7, 11) is 0. The van der Waals surface area contributed by atoms with Crippen molar-refractivity contribution >= 4 is 23.9 Å². The molecule has 0 heterocycles. The molecule has 0 aliphatic heterocycles. The molecular weight excluding hydrogens is 416 g/mol. The molecule has 0 unspecified atom stereocenters. The van der Waals surface area contributed by atoms with Gasteiger partial charge in [-0.15, -0.1) is 0 Å². The second-order valence-electron chi connectivity index (χ2n) is 8.45. The molecule has 2 saturated carbocycles. The van der Waals surface area contributed by atoms with Crippen molar-refractivity contribution in [1.82, 2.24) is 0 Å². The van der Waals surface area contributed by atoms with E-state index >= 15 is 0 Å². The number of aliphatic carboxylic acids is 2. The standard InChI is InChI=1S/C16H24O4.C8H14O4/c17-15(19-13-7-3-1-4-8-13)11-12-16(18)20-14-9-5-2-6-10-14;1-2-3-4-5-6(7(9)10)8(11)12/h11-14H,1-10H2;6H,2-5H2,1H3,(H,9,10)(H,11,12)/b12-11-;. The number of esters is 2. The topological polar surface area (TPSA) is 127 Å². The molecule has 2 aliphatic carbocycles. The smallest absolute Gasteiger partial charge is 0.331 e. The lowest BCUT2D eigenvalue weighted by Gasteiger charge is -2.21. The molecule has 0 aromatic carbocycles. The molecule has 0 saturated heterocycles. The summed E-state index contributed by atoms with van der Waals surface area (Å²) < 4.78 is 10.6. The van der Waals surface area contributed by atoms with Gasteiger partial charge < -0.3 is 19.7 Å². The number of carboxylic acids is 2. The van der Waals surface area contributed by atoms with Crippen LogP contribution in [-0.2, 0) is 28.7 Å². The molecule has 0 spiro atoms. The predicted octanol–water partition coefficient (Wildman–Crippen LogP) is 4.65. The zero-order valence-corrected chi connectivity index (χ0v) is 19.1. The first-order chi connectivity index (χ1) is 15.3. The summed E-state index contributed by atoms with van der Waals surface area (Å²) in [6.45, 7) is 1.98. The lowest BCUT2D eigenvalue weighted by molar-refractivity contribution is -0.155. The normalized spacial score (nSPS) is 17.4. The van der Waals surface area contributed by atoms with Crippen molar-refractivity contribution in [2.45, 2.75) is 109 Å². The second-order valence-corrected chi connectivity index (χ2v) is 8.45. The lowest BCUT2D eigenvalue weighted by Crippen LogP contribution is -2.23. The van der Waals surface area contributed by atoms with Crippen molar-refractivity contribution in [3.05, 3.63) is 12.2 Å². The molecule has 0 bridgehead atoms. The van der Waals surface area contributed by atoms with Gasteiger partial charge >= 0.3 is 23.9 Å². The molecule has 182 valence electrons. The molecule has 0 amide bonds. The highest BCUT2D eigenvalue weighted by Gasteiger charge is 2.24. The lowest BCUT2D eigenvalue weighted by atomic mass is 9.98. The SMILES string of the molecule is CCCCCC(C(=O)O)C(=O)O.O=C(/C=C\C(=O)OC1CCCCC1)OC1CCCCC1. The van der Waals surface area contributed by atoms with Gasteiger partial charge in [0.1, 0.15) is 12.2 Å². The highest BCUT2D eigenvalue weighted by atomic mass is 16.5. The molecule has 0 aromatic heterocycles. The van der Waals surface area contributed by atoms with E-state index in [0.717, 1.165) is 64.2 Å². The number of carbonyl (C=O) groups excluding carboxylic acids is 2. The van der Waals surface area contributed by atoms with Gasteiger partial charge in [0.25, 0.3) is 0 Å². The van der Waals surface area contributed by atoms with E-state index in [1.54, 1.807) is 0 Å². The van der Waals surface area contributed by atoms with E-state index in [4.69, 9.17) is 19.7 Å². The first kappa shape index (κ1) is 27.7. The number of hydrogen-bond acceptors (Lipinski definition) is 6. The van der Waals surface area contributed by atoms with Crippen LogP contribution >= 0.6 is 0 Å². The third-order valence-corrected chi connectivity index (χ3v) is 5.72.